The first-order chi connectivity index (χ1) is 8.40. The van der Waals surface area contributed by atoms with Crippen molar-refractivity contribution in [1.82, 2.24) is 14.4 Å². The summed E-state index contributed by atoms with van der Waals surface area (Å²) in [5, 5.41) is 7.41. The summed E-state index contributed by atoms with van der Waals surface area (Å²) in [7, 11) is 0. The van der Waals surface area contributed by atoms with E-state index in [2.05, 4.69) is 36.5 Å². The van der Waals surface area contributed by atoms with Crippen LogP contribution in [0.3, 0.4) is 0 Å². The van der Waals surface area contributed by atoms with Gasteiger partial charge < -0.3 is 5.32 Å². The van der Waals surface area contributed by atoms with Crippen molar-refractivity contribution in [2.24, 2.45) is 0 Å². The van der Waals surface area contributed by atoms with Gasteiger partial charge in [0.25, 0.3) is 0 Å². The predicted molar refractivity (Wildman–Crippen MR) is 70.5 cm³/mol. The van der Waals surface area contributed by atoms with E-state index in [1.807, 2.05) is 19.3 Å². The van der Waals surface area contributed by atoms with Gasteiger partial charge in [-0.25, -0.2) is 9.97 Å². The average molecular weight is 244 g/mol. The molecule has 1 N–H and O–H groups in total. The molecule has 5 heteroatoms. The Morgan fingerprint density at radius 3 is 3.12 bits per heavy atom. The second-order valence-corrected chi connectivity index (χ2v) is 4.44. The molecule has 0 radical (unpaired) electrons. The average Bonchev–Trinajstić information content (AvgIpc) is 2.97. The van der Waals surface area contributed by atoms with Crippen LogP contribution in [0.4, 0.5) is 5.82 Å². The van der Waals surface area contributed by atoms with Gasteiger partial charge in [0.2, 0.25) is 0 Å². The monoisotopic (exact) mass is 244 g/mol. The molecule has 0 fully saturated rings. The molecule has 3 rings (SSSR count). The van der Waals surface area contributed by atoms with Crippen LogP contribution in [-0.2, 0) is 0 Å². The zero-order valence-electron chi connectivity index (χ0n) is 9.42. The van der Waals surface area contributed by atoms with Crippen LogP contribution in [0.15, 0.2) is 35.4 Å². The van der Waals surface area contributed by atoms with E-state index in [0.29, 0.717) is 0 Å². The summed E-state index contributed by atoms with van der Waals surface area (Å²) in [5.41, 5.74) is 3.16. The fourth-order valence-corrected chi connectivity index (χ4v) is 2.48. The Labute approximate surface area is 103 Å². The van der Waals surface area contributed by atoms with Crippen molar-refractivity contribution < 1.29 is 0 Å². The molecule has 0 amide bonds. The molecule has 0 aliphatic carbocycles. The van der Waals surface area contributed by atoms with E-state index < -0.39 is 0 Å². The normalized spacial score (nSPS) is 10.9. The fourth-order valence-electron chi connectivity index (χ4n) is 1.84. The van der Waals surface area contributed by atoms with Gasteiger partial charge in [-0.3, -0.25) is 4.40 Å². The molecule has 3 aromatic heterocycles. The highest BCUT2D eigenvalue weighted by atomic mass is 32.1. The molecular weight excluding hydrogens is 232 g/mol. The first kappa shape index (κ1) is 10.3. The van der Waals surface area contributed by atoms with Crippen molar-refractivity contribution in [3.05, 3.63) is 35.4 Å². The first-order valence-electron chi connectivity index (χ1n) is 5.48. The lowest BCUT2D eigenvalue weighted by Gasteiger charge is -2.04. The summed E-state index contributed by atoms with van der Waals surface area (Å²) in [6, 6.07) is 2.10. The van der Waals surface area contributed by atoms with E-state index >= 15 is 0 Å². The molecule has 0 aliphatic heterocycles. The Balaban J connectivity index is 2.20. The highest BCUT2D eigenvalue weighted by Gasteiger charge is 2.09. The lowest BCUT2D eigenvalue weighted by molar-refractivity contribution is 1.09. The number of imidazole rings is 1. The van der Waals surface area contributed by atoms with Crippen LogP contribution >= 0.6 is 11.3 Å². The van der Waals surface area contributed by atoms with Crippen molar-refractivity contribution in [1.29, 1.82) is 0 Å². The largest absolute Gasteiger partial charge is 0.367 e. The molecule has 0 bridgehead atoms. The lowest BCUT2D eigenvalue weighted by Crippen LogP contribution is -2.02. The summed E-state index contributed by atoms with van der Waals surface area (Å²) in [6.07, 6.45) is 5.62. The standard InChI is InChI=1S/C12H12N4S/c1-2-13-11-12-15-7-10(9-3-6-17-8-9)16(12)5-4-14-11/h3-8H,2H2,1H3,(H,13,14). The second kappa shape index (κ2) is 4.18. The number of fused-ring (bicyclic) bond motifs is 1. The van der Waals surface area contributed by atoms with Crippen LogP contribution in [0.5, 0.6) is 0 Å². The second-order valence-electron chi connectivity index (χ2n) is 3.66. The minimum Gasteiger partial charge on any atom is -0.367 e. The maximum atomic E-state index is 4.44. The zero-order valence-corrected chi connectivity index (χ0v) is 10.2. The summed E-state index contributed by atoms with van der Waals surface area (Å²) < 4.78 is 2.06. The maximum Gasteiger partial charge on any atom is 0.180 e. The fraction of sp³-hybridized carbons (Fsp3) is 0.167. The number of hydrogen-bond acceptors (Lipinski definition) is 4. The zero-order chi connectivity index (χ0) is 11.7. The number of nitrogens with zero attached hydrogens (tertiary/aromatic N) is 3. The molecule has 86 valence electrons. The Bertz CT molecular complexity index is 627. The van der Waals surface area contributed by atoms with E-state index in [9.17, 15) is 0 Å². The number of rotatable bonds is 3. The number of nitrogens with one attached hydrogen (secondary N) is 1. The Morgan fingerprint density at radius 2 is 2.35 bits per heavy atom. The molecule has 3 heterocycles. The van der Waals surface area contributed by atoms with Crippen LogP contribution in [0.1, 0.15) is 6.92 Å². The summed E-state index contributed by atoms with van der Waals surface area (Å²) >= 11 is 1.69. The van der Waals surface area contributed by atoms with Gasteiger partial charge in [-0.15, -0.1) is 0 Å². The van der Waals surface area contributed by atoms with Crippen LogP contribution in [0.2, 0.25) is 0 Å². The van der Waals surface area contributed by atoms with E-state index in [-0.39, 0.29) is 0 Å². The molecule has 4 nitrogen and oxygen atoms in total. The Hall–Kier alpha value is -1.88. The van der Waals surface area contributed by atoms with Gasteiger partial charge in [0.05, 0.1) is 11.9 Å². The van der Waals surface area contributed by atoms with Gasteiger partial charge in [0.1, 0.15) is 0 Å². The smallest absolute Gasteiger partial charge is 0.180 e. The summed E-state index contributed by atoms with van der Waals surface area (Å²) in [6.45, 7) is 2.89. The molecule has 0 saturated heterocycles. The van der Waals surface area contributed by atoms with Crippen molar-refractivity contribution in [2.75, 3.05) is 11.9 Å². The highest BCUT2D eigenvalue weighted by Crippen LogP contribution is 2.24. The number of thiophene rings is 1. The van der Waals surface area contributed by atoms with Crippen LogP contribution in [0.25, 0.3) is 16.9 Å². The number of anilines is 1. The number of hydrogen-bond donors (Lipinski definition) is 1. The maximum absolute atomic E-state index is 4.44. The third kappa shape index (κ3) is 1.68. The quantitative estimate of drug-likeness (QED) is 0.770. The molecule has 0 aromatic carbocycles. The molecule has 0 spiro atoms. The Kier molecular flexibility index (Phi) is 2.53. The van der Waals surface area contributed by atoms with Crippen molar-refractivity contribution >= 4 is 22.8 Å². The van der Waals surface area contributed by atoms with Crippen molar-refractivity contribution in [3.8, 4) is 11.3 Å². The predicted octanol–water partition coefficient (Wildman–Crippen LogP) is 2.89. The van der Waals surface area contributed by atoms with Gasteiger partial charge >= 0.3 is 0 Å². The first-order valence-corrected chi connectivity index (χ1v) is 6.43. The molecule has 3 aromatic rings. The topological polar surface area (TPSA) is 42.2 Å². The highest BCUT2D eigenvalue weighted by molar-refractivity contribution is 7.08. The summed E-state index contributed by atoms with van der Waals surface area (Å²) in [5.74, 6) is 0.830. The van der Waals surface area contributed by atoms with Gasteiger partial charge in [-0.1, -0.05) is 0 Å². The van der Waals surface area contributed by atoms with Gasteiger partial charge in [0, 0.05) is 29.9 Å². The molecule has 17 heavy (non-hydrogen) atoms. The Morgan fingerprint density at radius 1 is 1.41 bits per heavy atom. The minimum atomic E-state index is 0.830. The molecular formula is C12H12N4S. The molecule has 0 unspecified atom stereocenters. The molecule has 0 aliphatic rings. The lowest BCUT2D eigenvalue weighted by atomic mass is 10.3. The van der Waals surface area contributed by atoms with Crippen molar-refractivity contribution in [2.45, 2.75) is 6.92 Å². The minimum absolute atomic E-state index is 0.830. The van der Waals surface area contributed by atoms with Crippen LogP contribution < -0.4 is 5.32 Å². The molecule has 0 saturated carbocycles. The molecule has 0 atom stereocenters. The third-order valence-electron chi connectivity index (χ3n) is 2.59. The van der Waals surface area contributed by atoms with E-state index in [4.69, 9.17) is 0 Å². The van der Waals surface area contributed by atoms with E-state index in [1.54, 1.807) is 17.5 Å². The SMILES string of the molecule is CCNc1nccn2c(-c3ccsc3)cnc12. The van der Waals surface area contributed by atoms with E-state index in [0.717, 1.165) is 23.7 Å². The van der Waals surface area contributed by atoms with Gasteiger partial charge in [0.15, 0.2) is 11.5 Å². The van der Waals surface area contributed by atoms with E-state index in [1.165, 1.54) is 5.56 Å². The summed E-state index contributed by atoms with van der Waals surface area (Å²) in [4.78, 5) is 8.74. The number of aromatic nitrogens is 3. The van der Waals surface area contributed by atoms with Crippen LogP contribution in [0, 0.1) is 0 Å². The van der Waals surface area contributed by atoms with Gasteiger partial charge in [-0.05, 0) is 18.4 Å². The van der Waals surface area contributed by atoms with Gasteiger partial charge in [-0.2, -0.15) is 11.3 Å². The third-order valence-corrected chi connectivity index (χ3v) is 3.27. The van der Waals surface area contributed by atoms with Crippen molar-refractivity contribution in [3.63, 3.8) is 0 Å². The van der Waals surface area contributed by atoms with Crippen LogP contribution in [-0.4, -0.2) is 20.9 Å².